The van der Waals surface area contributed by atoms with Gasteiger partial charge >= 0.3 is 6.09 Å². The first-order chi connectivity index (χ1) is 9.08. The van der Waals surface area contributed by atoms with E-state index in [2.05, 4.69) is 10.4 Å². The Bertz CT molecular complexity index is 576. The van der Waals surface area contributed by atoms with Crippen molar-refractivity contribution in [1.82, 2.24) is 9.78 Å². The summed E-state index contributed by atoms with van der Waals surface area (Å²) >= 11 is 5.98. The minimum Gasteiger partial charge on any atom is -0.444 e. The molecule has 0 aliphatic carbocycles. The Hall–Kier alpha value is -2.01. The molecule has 0 atom stereocenters. The molecule has 19 heavy (non-hydrogen) atoms. The van der Waals surface area contributed by atoms with E-state index < -0.39 is 6.09 Å². The first kappa shape index (κ1) is 13.4. The maximum atomic E-state index is 11.7. The van der Waals surface area contributed by atoms with E-state index in [9.17, 15) is 4.79 Å². The fourth-order valence-corrected chi connectivity index (χ4v) is 1.81. The Morgan fingerprint density at radius 2 is 2.21 bits per heavy atom. The number of benzene rings is 1. The quantitative estimate of drug-likeness (QED) is 0.939. The maximum Gasteiger partial charge on any atom is 0.413 e. The second-order valence-electron chi connectivity index (χ2n) is 4.09. The van der Waals surface area contributed by atoms with Crippen molar-refractivity contribution in [1.29, 1.82) is 0 Å². The molecule has 0 aliphatic heterocycles. The van der Waals surface area contributed by atoms with Crippen LogP contribution >= 0.6 is 11.6 Å². The summed E-state index contributed by atoms with van der Waals surface area (Å²) in [7, 11) is 1.75. The lowest BCUT2D eigenvalue weighted by atomic mass is 10.2. The summed E-state index contributed by atoms with van der Waals surface area (Å²) < 4.78 is 6.69. The van der Waals surface area contributed by atoms with E-state index >= 15 is 0 Å². The Labute approximate surface area is 116 Å². The molecule has 0 unspecified atom stereocenters. The van der Waals surface area contributed by atoms with Gasteiger partial charge < -0.3 is 4.74 Å². The number of aryl methyl sites for hydroxylation is 2. The van der Waals surface area contributed by atoms with Gasteiger partial charge in [-0.15, -0.1) is 0 Å². The standard InChI is InChI=1S/C13H14ClN3O2/c1-9-7-15-17(2)12(9)16-13(18)19-8-10-5-3-4-6-11(10)14/h3-7H,8H2,1-2H3,(H,16,18). The third kappa shape index (κ3) is 3.26. The number of ether oxygens (including phenoxy) is 1. The second kappa shape index (κ2) is 5.75. The average molecular weight is 280 g/mol. The first-order valence-electron chi connectivity index (χ1n) is 5.73. The molecule has 0 aliphatic rings. The van der Waals surface area contributed by atoms with Gasteiger partial charge in [0.15, 0.2) is 0 Å². The Balaban J connectivity index is 1.94. The predicted molar refractivity (Wildman–Crippen MR) is 73.2 cm³/mol. The Kier molecular flexibility index (Phi) is 4.06. The largest absolute Gasteiger partial charge is 0.444 e. The zero-order valence-electron chi connectivity index (χ0n) is 10.7. The molecule has 1 aromatic heterocycles. The van der Waals surface area contributed by atoms with Crippen molar-refractivity contribution in [3.05, 3.63) is 46.6 Å². The number of aromatic nitrogens is 2. The monoisotopic (exact) mass is 279 g/mol. The molecule has 0 saturated carbocycles. The van der Waals surface area contributed by atoms with Crippen molar-refractivity contribution in [3.63, 3.8) is 0 Å². The summed E-state index contributed by atoms with van der Waals surface area (Å²) in [5.41, 5.74) is 1.64. The van der Waals surface area contributed by atoms with Gasteiger partial charge in [0.2, 0.25) is 0 Å². The van der Waals surface area contributed by atoms with Gasteiger partial charge in [0.25, 0.3) is 0 Å². The molecule has 5 nitrogen and oxygen atoms in total. The summed E-state index contributed by atoms with van der Waals surface area (Å²) in [4.78, 5) is 11.7. The van der Waals surface area contributed by atoms with Crippen molar-refractivity contribution in [2.75, 3.05) is 5.32 Å². The minimum absolute atomic E-state index is 0.127. The smallest absolute Gasteiger partial charge is 0.413 e. The molecular formula is C13H14ClN3O2. The second-order valence-corrected chi connectivity index (χ2v) is 4.50. The topological polar surface area (TPSA) is 56.2 Å². The van der Waals surface area contributed by atoms with Gasteiger partial charge in [-0.3, -0.25) is 10.00 Å². The van der Waals surface area contributed by atoms with E-state index in [1.54, 1.807) is 24.0 Å². The molecule has 100 valence electrons. The average Bonchev–Trinajstić information content (AvgIpc) is 2.70. The highest BCUT2D eigenvalue weighted by atomic mass is 35.5. The van der Waals surface area contributed by atoms with Gasteiger partial charge in [-0.1, -0.05) is 29.8 Å². The summed E-state index contributed by atoms with van der Waals surface area (Å²) in [6, 6.07) is 7.23. The van der Waals surface area contributed by atoms with Crippen LogP contribution in [0.4, 0.5) is 10.6 Å². The Morgan fingerprint density at radius 1 is 1.47 bits per heavy atom. The number of rotatable bonds is 3. The van der Waals surface area contributed by atoms with Crippen molar-refractivity contribution < 1.29 is 9.53 Å². The van der Waals surface area contributed by atoms with Crippen LogP contribution in [0.25, 0.3) is 0 Å². The van der Waals surface area contributed by atoms with Crippen LogP contribution in [-0.2, 0) is 18.4 Å². The number of hydrogen-bond acceptors (Lipinski definition) is 3. The van der Waals surface area contributed by atoms with E-state index in [1.165, 1.54) is 0 Å². The van der Waals surface area contributed by atoms with Crippen LogP contribution in [0, 0.1) is 6.92 Å². The van der Waals surface area contributed by atoms with Gasteiger partial charge in [-0.05, 0) is 13.0 Å². The van der Waals surface area contributed by atoms with E-state index in [1.807, 2.05) is 25.1 Å². The third-order valence-corrected chi connectivity index (χ3v) is 3.03. The van der Waals surface area contributed by atoms with Crippen LogP contribution in [0.1, 0.15) is 11.1 Å². The molecule has 0 fully saturated rings. The number of nitrogens with zero attached hydrogens (tertiary/aromatic N) is 2. The summed E-state index contributed by atoms with van der Waals surface area (Å²) in [5, 5.41) is 7.25. The highest BCUT2D eigenvalue weighted by molar-refractivity contribution is 6.31. The predicted octanol–water partition coefficient (Wildman–Crippen LogP) is 3.13. The van der Waals surface area contributed by atoms with Gasteiger partial charge in [-0.25, -0.2) is 4.79 Å². The fraction of sp³-hybridized carbons (Fsp3) is 0.231. The lowest BCUT2D eigenvalue weighted by molar-refractivity contribution is 0.155. The van der Waals surface area contributed by atoms with Crippen molar-refractivity contribution in [3.8, 4) is 0 Å². The van der Waals surface area contributed by atoms with Crippen LogP contribution in [0.5, 0.6) is 0 Å². The molecule has 1 N–H and O–H groups in total. The molecule has 0 bridgehead atoms. The van der Waals surface area contributed by atoms with Crippen LogP contribution in [0.3, 0.4) is 0 Å². The number of anilines is 1. The zero-order valence-corrected chi connectivity index (χ0v) is 11.4. The van der Waals surface area contributed by atoms with E-state index in [0.717, 1.165) is 11.1 Å². The highest BCUT2D eigenvalue weighted by Crippen LogP contribution is 2.16. The van der Waals surface area contributed by atoms with Gasteiger partial charge in [0, 0.05) is 23.2 Å². The van der Waals surface area contributed by atoms with E-state index in [4.69, 9.17) is 16.3 Å². The molecular weight excluding hydrogens is 266 g/mol. The number of carbonyl (C=O) groups excluding carboxylic acids is 1. The van der Waals surface area contributed by atoms with Gasteiger partial charge in [-0.2, -0.15) is 5.10 Å². The fourth-order valence-electron chi connectivity index (χ4n) is 1.62. The SMILES string of the molecule is Cc1cnn(C)c1NC(=O)OCc1ccccc1Cl. The number of halogens is 1. The molecule has 0 spiro atoms. The van der Waals surface area contributed by atoms with E-state index in [0.29, 0.717) is 10.8 Å². The molecule has 6 heteroatoms. The first-order valence-corrected chi connectivity index (χ1v) is 6.11. The molecule has 0 radical (unpaired) electrons. The van der Waals surface area contributed by atoms with Crippen LogP contribution < -0.4 is 5.32 Å². The zero-order chi connectivity index (χ0) is 13.8. The molecule has 1 heterocycles. The van der Waals surface area contributed by atoms with E-state index in [-0.39, 0.29) is 6.61 Å². The number of hydrogen-bond donors (Lipinski definition) is 1. The molecule has 1 amide bonds. The van der Waals surface area contributed by atoms with Crippen molar-refractivity contribution in [2.45, 2.75) is 13.5 Å². The summed E-state index contributed by atoms with van der Waals surface area (Å²) in [6.45, 7) is 1.99. The lowest BCUT2D eigenvalue weighted by Crippen LogP contribution is -2.16. The van der Waals surface area contributed by atoms with Crippen molar-refractivity contribution >= 4 is 23.5 Å². The van der Waals surface area contributed by atoms with Gasteiger partial charge in [0.1, 0.15) is 12.4 Å². The number of amides is 1. The normalized spacial score (nSPS) is 10.3. The molecule has 1 aromatic carbocycles. The van der Waals surface area contributed by atoms with Crippen LogP contribution in [0.2, 0.25) is 5.02 Å². The molecule has 2 rings (SSSR count). The molecule has 0 saturated heterocycles. The highest BCUT2D eigenvalue weighted by Gasteiger charge is 2.10. The third-order valence-electron chi connectivity index (χ3n) is 2.66. The van der Waals surface area contributed by atoms with Crippen LogP contribution in [-0.4, -0.2) is 15.9 Å². The number of carbonyl (C=O) groups is 1. The summed E-state index contributed by atoms with van der Waals surface area (Å²) in [6.07, 6.45) is 1.13. The van der Waals surface area contributed by atoms with Gasteiger partial charge in [0.05, 0.1) is 6.20 Å². The lowest BCUT2D eigenvalue weighted by Gasteiger charge is -2.09. The molecule has 2 aromatic rings. The summed E-state index contributed by atoms with van der Waals surface area (Å²) in [5.74, 6) is 0.615. The Morgan fingerprint density at radius 3 is 2.84 bits per heavy atom. The maximum absolute atomic E-state index is 11.7. The van der Waals surface area contributed by atoms with Crippen LogP contribution in [0.15, 0.2) is 30.5 Å². The minimum atomic E-state index is -0.536. The number of nitrogens with one attached hydrogen (secondary N) is 1. The van der Waals surface area contributed by atoms with Crippen molar-refractivity contribution in [2.24, 2.45) is 7.05 Å².